The van der Waals surface area contributed by atoms with E-state index in [9.17, 15) is 9.90 Å². The molecule has 0 unspecified atom stereocenters. The van der Waals surface area contributed by atoms with Gasteiger partial charge in [0.15, 0.2) is 0 Å². The fraction of sp³-hybridized carbons (Fsp3) is 0.556. The molecule has 0 saturated carbocycles. The van der Waals surface area contributed by atoms with E-state index in [2.05, 4.69) is 20.4 Å². The molecule has 0 atom stereocenters. The van der Waals surface area contributed by atoms with Crippen LogP contribution < -0.4 is 10.2 Å². The molecule has 0 amide bonds. The molecule has 0 bridgehead atoms. The summed E-state index contributed by atoms with van der Waals surface area (Å²) in [7, 11) is 0. The lowest BCUT2D eigenvalue weighted by atomic mass is 9.85. The molecule has 2 N–H and O–H groups in total. The Bertz CT molecular complexity index is 808. The van der Waals surface area contributed by atoms with Gasteiger partial charge in [-0.3, -0.25) is 4.79 Å². The van der Waals surface area contributed by atoms with Crippen LogP contribution in [0.3, 0.4) is 0 Å². The lowest BCUT2D eigenvalue weighted by molar-refractivity contribution is -0.142. The van der Waals surface area contributed by atoms with E-state index >= 15 is 0 Å². The van der Waals surface area contributed by atoms with Gasteiger partial charge in [0.2, 0.25) is 5.95 Å². The summed E-state index contributed by atoms with van der Waals surface area (Å²) in [6.07, 6.45) is 1.60. The quantitative estimate of drug-likeness (QED) is 0.781. The van der Waals surface area contributed by atoms with Gasteiger partial charge in [-0.15, -0.1) is 0 Å². The van der Waals surface area contributed by atoms with Crippen LogP contribution in [0, 0.1) is 13.8 Å². The standard InChI is InChI=1S/C18H25N5O4/c1-11-13(12(2)27-22-11)9-19-17-20-10-14(18(3,4)16(24)25)15(21-17)23-5-7-26-8-6-23/h10H,5-9H2,1-4H3,(H,24,25)(H,19,20,21). The second-order valence-electron chi connectivity index (χ2n) is 7.12. The highest BCUT2D eigenvalue weighted by Crippen LogP contribution is 2.32. The number of hydrogen-bond donors (Lipinski definition) is 2. The lowest BCUT2D eigenvalue weighted by Crippen LogP contribution is -2.40. The van der Waals surface area contributed by atoms with Crippen LogP contribution in [-0.4, -0.2) is 52.5 Å². The van der Waals surface area contributed by atoms with Gasteiger partial charge >= 0.3 is 5.97 Å². The van der Waals surface area contributed by atoms with Crippen molar-refractivity contribution in [2.75, 3.05) is 36.5 Å². The zero-order valence-corrected chi connectivity index (χ0v) is 16.1. The van der Waals surface area contributed by atoms with Gasteiger partial charge in [0.1, 0.15) is 11.6 Å². The van der Waals surface area contributed by atoms with Gasteiger partial charge in [0.25, 0.3) is 0 Å². The number of ether oxygens (including phenoxy) is 1. The first-order valence-electron chi connectivity index (χ1n) is 8.90. The van der Waals surface area contributed by atoms with Crippen molar-refractivity contribution in [1.29, 1.82) is 0 Å². The van der Waals surface area contributed by atoms with Crippen molar-refractivity contribution in [2.45, 2.75) is 39.7 Å². The van der Waals surface area contributed by atoms with Gasteiger partial charge in [-0.1, -0.05) is 5.16 Å². The van der Waals surface area contributed by atoms with Crippen LogP contribution >= 0.6 is 0 Å². The van der Waals surface area contributed by atoms with Crippen LogP contribution in [0.5, 0.6) is 0 Å². The number of anilines is 2. The summed E-state index contributed by atoms with van der Waals surface area (Å²) in [5.74, 6) is 0.887. The van der Waals surface area contributed by atoms with Crippen molar-refractivity contribution >= 4 is 17.7 Å². The predicted molar refractivity (Wildman–Crippen MR) is 99.0 cm³/mol. The number of aryl methyl sites for hydroxylation is 2. The second-order valence-corrected chi connectivity index (χ2v) is 7.12. The highest BCUT2D eigenvalue weighted by molar-refractivity contribution is 5.82. The SMILES string of the molecule is Cc1noc(C)c1CNc1ncc(C(C)(C)C(=O)O)c(N2CCOCC2)n1. The molecule has 1 saturated heterocycles. The van der Waals surface area contributed by atoms with Crippen molar-refractivity contribution in [3.8, 4) is 0 Å². The number of carboxylic acids is 1. The zero-order valence-electron chi connectivity index (χ0n) is 16.1. The number of nitrogens with one attached hydrogen (secondary N) is 1. The van der Waals surface area contributed by atoms with Crippen molar-refractivity contribution < 1.29 is 19.2 Å². The summed E-state index contributed by atoms with van der Waals surface area (Å²) < 4.78 is 10.6. The minimum Gasteiger partial charge on any atom is -0.481 e. The molecule has 2 aromatic rings. The van der Waals surface area contributed by atoms with Gasteiger partial charge < -0.3 is 24.6 Å². The monoisotopic (exact) mass is 375 g/mol. The number of nitrogens with zero attached hydrogens (tertiary/aromatic N) is 4. The van der Waals surface area contributed by atoms with Crippen LogP contribution in [0.25, 0.3) is 0 Å². The summed E-state index contributed by atoms with van der Waals surface area (Å²) >= 11 is 0. The Morgan fingerprint density at radius 3 is 2.63 bits per heavy atom. The molecule has 1 fully saturated rings. The van der Waals surface area contributed by atoms with Crippen molar-refractivity contribution in [2.24, 2.45) is 0 Å². The molecule has 146 valence electrons. The van der Waals surface area contributed by atoms with Gasteiger partial charge in [-0.25, -0.2) is 4.98 Å². The van der Waals surface area contributed by atoms with Gasteiger partial charge in [-0.05, 0) is 27.7 Å². The third-order valence-electron chi connectivity index (χ3n) is 4.89. The Morgan fingerprint density at radius 1 is 1.33 bits per heavy atom. The summed E-state index contributed by atoms with van der Waals surface area (Å²) in [6, 6.07) is 0. The highest BCUT2D eigenvalue weighted by Gasteiger charge is 2.35. The minimum absolute atomic E-state index is 0.432. The third kappa shape index (κ3) is 3.87. The first kappa shape index (κ1) is 19.1. The maximum atomic E-state index is 11.8. The molecular formula is C18H25N5O4. The van der Waals surface area contributed by atoms with Crippen LogP contribution in [-0.2, 0) is 21.5 Å². The first-order chi connectivity index (χ1) is 12.8. The maximum absolute atomic E-state index is 11.8. The van der Waals surface area contributed by atoms with Crippen LogP contribution in [0.2, 0.25) is 0 Å². The third-order valence-corrected chi connectivity index (χ3v) is 4.89. The molecule has 9 heteroatoms. The Balaban J connectivity index is 1.91. The average Bonchev–Trinajstić information content (AvgIpc) is 2.98. The smallest absolute Gasteiger partial charge is 0.313 e. The van der Waals surface area contributed by atoms with E-state index in [0.717, 1.165) is 17.0 Å². The second kappa shape index (κ2) is 7.51. The van der Waals surface area contributed by atoms with Crippen molar-refractivity contribution in [3.63, 3.8) is 0 Å². The summed E-state index contributed by atoms with van der Waals surface area (Å²) in [5.41, 5.74) is 1.26. The number of carboxylic acid groups (broad SMARTS) is 1. The Labute approximate surface area is 157 Å². The Kier molecular flexibility index (Phi) is 5.31. The fourth-order valence-electron chi connectivity index (χ4n) is 2.95. The number of rotatable bonds is 6. The van der Waals surface area contributed by atoms with Gasteiger partial charge in [0, 0.05) is 37.0 Å². The molecule has 1 aliphatic rings. The van der Waals surface area contributed by atoms with E-state index in [1.165, 1.54) is 0 Å². The molecular weight excluding hydrogens is 350 g/mol. The maximum Gasteiger partial charge on any atom is 0.313 e. The molecule has 3 rings (SSSR count). The topological polar surface area (TPSA) is 114 Å². The van der Waals surface area contributed by atoms with E-state index in [4.69, 9.17) is 9.26 Å². The van der Waals surface area contributed by atoms with E-state index in [1.807, 2.05) is 18.7 Å². The minimum atomic E-state index is -1.10. The van der Waals surface area contributed by atoms with E-state index in [-0.39, 0.29) is 0 Å². The number of carbonyl (C=O) groups is 1. The molecule has 1 aliphatic heterocycles. The van der Waals surface area contributed by atoms with Gasteiger partial charge in [-0.2, -0.15) is 4.98 Å². The van der Waals surface area contributed by atoms with Crippen molar-refractivity contribution in [1.82, 2.24) is 15.1 Å². The molecule has 27 heavy (non-hydrogen) atoms. The number of aliphatic carboxylic acids is 1. The summed E-state index contributed by atoms with van der Waals surface area (Å²) in [6.45, 7) is 10.0. The molecule has 0 aromatic carbocycles. The van der Waals surface area contributed by atoms with Gasteiger partial charge in [0.05, 0.1) is 24.3 Å². The molecule has 3 heterocycles. The molecule has 0 aliphatic carbocycles. The van der Waals surface area contributed by atoms with Crippen LogP contribution in [0.1, 0.15) is 36.4 Å². The van der Waals surface area contributed by atoms with E-state index in [0.29, 0.717) is 50.2 Å². The molecule has 0 spiro atoms. The largest absolute Gasteiger partial charge is 0.481 e. The predicted octanol–water partition coefficient (Wildman–Crippen LogP) is 1.89. The van der Waals surface area contributed by atoms with E-state index in [1.54, 1.807) is 20.0 Å². The summed E-state index contributed by atoms with van der Waals surface area (Å²) in [5, 5.41) is 16.8. The normalized spacial score (nSPS) is 15.0. The van der Waals surface area contributed by atoms with Crippen molar-refractivity contribution in [3.05, 3.63) is 28.8 Å². The van der Waals surface area contributed by atoms with Crippen LogP contribution in [0.15, 0.2) is 10.7 Å². The number of morpholine rings is 1. The first-order valence-corrected chi connectivity index (χ1v) is 8.90. The number of aromatic nitrogens is 3. The number of hydrogen-bond acceptors (Lipinski definition) is 8. The molecule has 2 aromatic heterocycles. The molecule has 9 nitrogen and oxygen atoms in total. The fourth-order valence-corrected chi connectivity index (χ4v) is 2.95. The van der Waals surface area contributed by atoms with Crippen LogP contribution in [0.4, 0.5) is 11.8 Å². The molecule has 0 radical (unpaired) electrons. The Morgan fingerprint density at radius 2 is 2.04 bits per heavy atom. The van der Waals surface area contributed by atoms with E-state index < -0.39 is 11.4 Å². The average molecular weight is 375 g/mol. The summed E-state index contributed by atoms with van der Waals surface area (Å²) in [4.78, 5) is 22.8. The highest BCUT2D eigenvalue weighted by atomic mass is 16.5. The Hall–Kier alpha value is -2.68. The zero-order chi connectivity index (χ0) is 19.6. The lowest BCUT2D eigenvalue weighted by Gasteiger charge is -2.32.